The number of fused-ring (bicyclic) bond motifs is 1. The summed E-state index contributed by atoms with van der Waals surface area (Å²) in [4.78, 5) is 12.4. The SMILES string of the molecule is CC(C)CC1(CNC(=O)c2cccc3c2OCCO3)CC1. The third-order valence-electron chi connectivity index (χ3n) is 4.23. The van der Waals surface area contributed by atoms with E-state index in [4.69, 9.17) is 9.47 Å². The highest BCUT2D eigenvalue weighted by atomic mass is 16.6. The number of ether oxygens (including phenoxy) is 2. The molecule has 1 heterocycles. The molecule has 0 spiro atoms. The Hall–Kier alpha value is -1.71. The van der Waals surface area contributed by atoms with E-state index in [1.54, 1.807) is 6.07 Å². The maximum atomic E-state index is 12.4. The largest absolute Gasteiger partial charge is 0.486 e. The maximum Gasteiger partial charge on any atom is 0.255 e. The first-order chi connectivity index (χ1) is 10.1. The van der Waals surface area contributed by atoms with Gasteiger partial charge in [-0.3, -0.25) is 4.79 Å². The molecule has 0 unspecified atom stereocenters. The lowest BCUT2D eigenvalue weighted by Gasteiger charge is -2.22. The molecule has 0 atom stereocenters. The minimum Gasteiger partial charge on any atom is -0.486 e. The normalized spacial score (nSPS) is 18.4. The van der Waals surface area contributed by atoms with E-state index in [1.165, 1.54) is 19.3 Å². The van der Waals surface area contributed by atoms with Crippen LogP contribution in [-0.4, -0.2) is 25.7 Å². The van der Waals surface area contributed by atoms with Gasteiger partial charge in [0.1, 0.15) is 13.2 Å². The van der Waals surface area contributed by atoms with Crippen molar-refractivity contribution >= 4 is 5.91 Å². The van der Waals surface area contributed by atoms with Crippen LogP contribution in [-0.2, 0) is 0 Å². The van der Waals surface area contributed by atoms with Crippen molar-refractivity contribution in [1.82, 2.24) is 5.32 Å². The van der Waals surface area contributed by atoms with Crippen molar-refractivity contribution in [2.45, 2.75) is 33.1 Å². The lowest BCUT2D eigenvalue weighted by molar-refractivity contribution is 0.0931. The van der Waals surface area contributed by atoms with Crippen molar-refractivity contribution in [1.29, 1.82) is 0 Å². The molecule has 21 heavy (non-hydrogen) atoms. The van der Waals surface area contributed by atoms with Gasteiger partial charge in [0.15, 0.2) is 11.5 Å². The summed E-state index contributed by atoms with van der Waals surface area (Å²) < 4.78 is 11.1. The minimum atomic E-state index is -0.0626. The summed E-state index contributed by atoms with van der Waals surface area (Å²) in [7, 11) is 0. The monoisotopic (exact) mass is 289 g/mol. The summed E-state index contributed by atoms with van der Waals surface area (Å²) >= 11 is 0. The zero-order valence-electron chi connectivity index (χ0n) is 12.8. The molecule has 1 aromatic carbocycles. The quantitative estimate of drug-likeness (QED) is 0.906. The molecule has 2 aliphatic rings. The summed E-state index contributed by atoms with van der Waals surface area (Å²) in [5.41, 5.74) is 0.906. The second kappa shape index (κ2) is 5.58. The van der Waals surface area contributed by atoms with Gasteiger partial charge < -0.3 is 14.8 Å². The highest BCUT2D eigenvalue weighted by Gasteiger charge is 2.42. The Balaban J connectivity index is 1.66. The van der Waals surface area contributed by atoms with Gasteiger partial charge in [-0.2, -0.15) is 0 Å². The van der Waals surface area contributed by atoms with Crippen LogP contribution in [0.1, 0.15) is 43.5 Å². The summed E-state index contributed by atoms with van der Waals surface area (Å²) in [6.45, 7) is 6.26. The molecule has 1 aliphatic carbocycles. The van der Waals surface area contributed by atoms with E-state index in [0.717, 1.165) is 6.54 Å². The average Bonchev–Trinajstić information content (AvgIpc) is 3.23. The van der Waals surface area contributed by atoms with E-state index >= 15 is 0 Å². The van der Waals surface area contributed by atoms with E-state index in [2.05, 4.69) is 19.2 Å². The van der Waals surface area contributed by atoms with E-state index < -0.39 is 0 Å². The van der Waals surface area contributed by atoms with Crippen LogP contribution in [0.15, 0.2) is 18.2 Å². The standard InChI is InChI=1S/C17H23NO3/c1-12(2)10-17(6-7-17)11-18-16(19)13-4-3-5-14-15(13)21-9-8-20-14/h3-5,12H,6-11H2,1-2H3,(H,18,19). The summed E-state index contributed by atoms with van der Waals surface area (Å²) in [6.07, 6.45) is 3.62. The molecule has 0 radical (unpaired) electrons. The van der Waals surface area contributed by atoms with Gasteiger partial charge in [-0.25, -0.2) is 0 Å². The van der Waals surface area contributed by atoms with Gasteiger partial charge in [0.25, 0.3) is 5.91 Å². The number of amides is 1. The van der Waals surface area contributed by atoms with Crippen LogP contribution >= 0.6 is 0 Å². The highest BCUT2D eigenvalue weighted by Crippen LogP contribution is 2.50. The fourth-order valence-corrected chi connectivity index (χ4v) is 3.11. The maximum absolute atomic E-state index is 12.4. The van der Waals surface area contributed by atoms with E-state index in [1.807, 2.05) is 12.1 Å². The van der Waals surface area contributed by atoms with Crippen LogP contribution in [0.4, 0.5) is 0 Å². The lowest BCUT2D eigenvalue weighted by Crippen LogP contribution is -2.31. The van der Waals surface area contributed by atoms with Crippen LogP contribution in [0.3, 0.4) is 0 Å². The first kappa shape index (κ1) is 14.2. The molecule has 1 saturated carbocycles. The summed E-state index contributed by atoms with van der Waals surface area (Å²) in [5.74, 6) is 1.85. The Morgan fingerprint density at radius 2 is 2.05 bits per heavy atom. The van der Waals surface area contributed by atoms with Crippen molar-refractivity contribution in [3.63, 3.8) is 0 Å². The second-order valence-corrected chi connectivity index (χ2v) is 6.61. The first-order valence-electron chi connectivity index (χ1n) is 7.76. The van der Waals surface area contributed by atoms with Gasteiger partial charge in [-0.15, -0.1) is 0 Å². The molecule has 4 nitrogen and oxygen atoms in total. The van der Waals surface area contributed by atoms with Crippen LogP contribution in [0.5, 0.6) is 11.5 Å². The molecular weight excluding hydrogens is 266 g/mol. The van der Waals surface area contributed by atoms with Gasteiger partial charge in [0.2, 0.25) is 0 Å². The molecule has 3 rings (SSSR count). The fourth-order valence-electron chi connectivity index (χ4n) is 3.11. The Morgan fingerprint density at radius 1 is 1.29 bits per heavy atom. The molecule has 1 amide bonds. The number of benzene rings is 1. The Labute approximate surface area is 125 Å². The van der Waals surface area contributed by atoms with Crippen LogP contribution in [0, 0.1) is 11.3 Å². The third kappa shape index (κ3) is 3.14. The van der Waals surface area contributed by atoms with Crippen molar-refractivity contribution in [3.05, 3.63) is 23.8 Å². The molecule has 1 aliphatic heterocycles. The van der Waals surface area contributed by atoms with Crippen LogP contribution < -0.4 is 14.8 Å². The molecule has 0 bridgehead atoms. The molecule has 114 valence electrons. The van der Waals surface area contributed by atoms with Crippen LogP contribution in [0.25, 0.3) is 0 Å². The molecule has 0 saturated heterocycles. The molecule has 1 aromatic rings. The molecule has 1 fully saturated rings. The Bertz CT molecular complexity index is 535. The van der Waals surface area contributed by atoms with Crippen molar-refractivity contribution in [2.24, 2.45) is 11.3 Å². The number of nitrogens with one attached hydrogen (secondary N) is 1. The Kier molecular flexibility index (Phi) is 3.79. The zero-order chi connectivity index (χ0) is 14.9. The summed E-state index contributed by atoms with van der Waals surface area (Å²) in [6, 6.07) is 5.47. The predicted octanol–water partition coefficient (Wildman–Crippen LogP) is 3.01. The zero-order valence-corrected chi connectivity index (χ0v) is 12.8. The molecule has 1 N–H and O–H groups in total. The second-order valence-electron chi connectivity index (χ2n) is 6.61. The van der Waals surface area contributed by atoms with Crippen molar-refractivity contribution in [3.8, 4) is 11.5 Å². The number of carbonyl (C=O) groups excluding carboxylic acids is 1. The van der Waals surface area contributed by atoms with Gasteiger partial charge >= 0.3 is 0 Å². The van der Waals surface area contributed by atoms with Gasteiger partial charge in [0.05, 0.1) is 5.56 Å². The third-order valence-corrected chi connectivity index (χ3v) is 4.23. The van der Waals surface area contributed by atoms with E-state index in [-0.39, 0.29) is 5.91 Å². The van der Waals surface area contributed by atoms with Crippen molar-refractivity contribution in [2.75, 3.05) is 19.8 Å². The number of carbonyl (C=O) groups is 1. The van der Waals surface area contributed by atoms with Gasteiger partial charge in [-0.1, -0.05) is 19.9 Å². The van der Waals surface area contributed by atoms with Gasteiger partial charge in [0, 0.05) is 6.54 Å². The summed E-state index contributed by atoms with van der Waals surface area (Å²) in [5, 5.41) is 3.08. The predicted molar refractivity (Wildman–Crippen MR) is 80.9 cm³/mol. The highest BCUT2D eigenvalue weighted by molar-refractivity contribution is 5.97. The smallest absolute Gasteiger partial charge is 0.255 e. The lowest BCUT2D eigenvalue weighted by atomic mass is 9.94. The Morgan fingerprint density at radius 3 is 2.76 bits per heavy atom. The van der Waals surface area contributed by atoms with Crippen molar-refractivity contribution < 1.29 is 14.3 Å². The molecular formula is C17H23NO3. The molecule has 0 aromatic heterocycles. The topological polar surface area (TPSA) is 47.6 Å². The van der Waals surface area contributed by atoms with E-state index in [0.29, 0.717) is 41.6 Å². The number of rotatable bonds is 5. The first-order valence-corrected chi connectivity index (χ1v) is 7.76. The number of hydrogen-bond donors (Lipinski definition) is 1. The average molecular weight is 289 g/mol. The number of para-hydroxylation sites is 1. The number of hydrogen-bond acceptors (Lipinski definition) is 3. The van der Waals surface area contributed by atoms with E-state index in [9.17, 15) is 4.79 Å². The fraction of sp³-hybridized carbons (Fsp3) is 0.588. The van der Waals surface area contributed by atoms with Crippen LogP contribution in [0.2, 0.25) is 0 Å². The van der Waals surface area contributed by atoms with Gasteiger partial charge in [-0.05, 0) is 42.7 Å². The minimum absolute atomic E-state index is 0.0626. The molecule has 4 heteroatoms.